The fraction of sp³-hybridized carbons (Fsp3) is 0.600. The molecule has 96 valence electrons. The van der Waals surface area contributed by atoms with E-state index in [0.29, 0.717) is 6.42 Å². The zero-order chi connectivity index (χ0) is 13.4. The molecule has 0 aliphatic heterocycles. The topological polar surface area (TPSA) is 40.5 Å². The molecule has 17 heavy (non-hydrogen) atoms. The maximum Gasteiger partial charge on any atom is 0.0940 e. The van der Waals surface area contributed by atoms with Crippen molar-refractivity contribution in [1.82, 2.24) is 0 Å². The minimum absolute atomic E-state index is 0.467. The summed E-state index contributed by atoms with van der Waals surface area (Å²) in [6, 6.07) is 4.23. The predicted molar refractivity (Wildman–Crippen MR) is 71.3 cm³/mol. The zero-order valence-corrected chi connectivity index (χ0v) is 11.8. The van der Waals surface area contributed by atoms with Crippen LogP contribution in [0.5, 0.6) is 0 Å². The van der Waals surface area contributed by atoms with E-state index in [1.165, 1.54) is 16.7 Å². The van der Waals surface area contributed by atoms with Crippen molar-refractivity contribution in [3.63, 3.8) is 0 Å². The molecule has 0 aromatic heterocycles. The van der Waals surface area contributed by atoms with Crippen LogP contribution in [0.1, 0.15) is 43.0 Å². The van der Waals surface area contributed by atoms with Crippen LogP contribution in [0.4, 0.5) is 0 Å². The molecule has 0 saturated heterocycles. The van der Waals surface area contributed by atoms with E-state index in [9.17, 15) is 10.2 Å². The van der Waals surface area contributed by atoms with Crippen LogP contribution in [-0.2, 0) is 6.42 Å². The van der Waals surface area contributed by atoms with Crippen molar-refractivity contribution in [2.75, 3.05) is 0 Å². The maximum atomic E-state index is 10.4. The Morgan fingerprint density at radius 1 is 0.941 bits per heavy atom. The van der Waals surface area contributed by atoms with Gasteiger partial charge in [-0.1, -0.05) is 17.7 Å². The van der Waals surface area contributed by atoms with E-state index in [1.54, 1.807) is 20.8 Å². The molecule has 1 unspecified atom stereocenters. The van der Waals surface area contributed by atoms with Gasteiger partial charge in [-0.25, -0.2) is 0 Å². The van der Waals surface area contributed by atoms with Crippen LogP contribution < -0.4 is 0 Å². The fourth-order valence-corrected chi connectivity index (χ4v) is 2.05. The Kier molecular flexibility index (Phi) is 3.70. The Balaban J connectivity index is 3.13. The fourth-order valence-electron chi connectivity index (χ4n) is 2.05. The van der Waals surface area contributed by atoms with Crippen LogP contribution >= 0.6 is 0 Å². The van der Waals surface area contributed by atoms with Gasteiger partial charge in [0.15, 0.2) is 0 Å². The van der Waals surface area contributed by atoms with Crippen molar-refractivity contribution in [1.29, 1.82) is 0 Å². The molecular weight excluding hydrogens is 212 g/mol. The molecule has 2 heteroatoms. The first-order valence-electron chi connectivity index (χ1n) is 6.06. The van der Waals surface area contributed by atoms with Crippen LogP contribution in [-0.4, -0.2) is 21.4 Å². The van der Waals surface area contributed by atoms with Gasteiger partial charge >= 0.3 is 0 Å². The Bertz CT molecular complexity index is 388. The second kappa shape index (κ2) is 4.43. The van der Waals surface area contributed by atoms with Crippen molar-refractivity contribution in [2.24, 2.45) is 0 Å². The molecule has 0 aliphatic carbocycles. The van der Waals surface area contributed by atoms with Crippen LogP contribution in [0.3, 0.4) is 0 Å². The quantitative estimate of drug-likeness (QED) is 0.847. The normalized spacial score (nSPS) is 15.8. The van der Waals surface area contributed by atoms with Crippen molar-refractivity contribution < 1.29 is 10.2 Å². The minimum atomic E-state index is -1.13. The number of rotatable bonds is 3. The Morgan fingerprint density at radius 2 is 1.35 bits per heavy atom. The van der Waals surface area contributed by atoms with E-state index in [4.69, 9.17) is 0 Å². The summed E-state index contributed by atoms with van der Waals surface area (Å²) >= 11 is 0. The smallest absolute Gasteiger partial charge is 0.0940 e. The average Bonchev–Trinajstić information content (AvgIpc) is 2.09. The number of aliphatic hydroxyl groups is 2. The third-order valence-corrected chi connectivity index (χ3v) is 3.68. The molecule has 1 aromatic carbocycles. The zero-order valence-electron chi connectivity index (χ0n) is 11.8. The lowest BCUT2D eigenvalue weighted by Gasteiger charge is -2.36. The summed E-state index contributed by atoms with van der Waals surface area (Å²) in [6.07, 6.45) is 0.467. The molecule has 0 saturated carbocycles. The third-order valence-electron chi connectivity index (χ3n) is 3.68. The van der Waals surface area contributed by atoms with Gasteiger partial charge in [-0.2, -0.15) is 0 Å². The van der Waals surface area contributed by atoms with Crippen molar-refractivity contribution >= 4 is 0 Å². The Hall–Kier alpha value is -0.860. The second-order valence-corrected chi connectivity index (χ2v) is 5.89. The monoisotopic (exact) mass is 236 g/mol. The molecule has 0 fully saturated rings. The number of hydrogen-bond donors (Lipinski definition) is 2. The van der Waals surface area contributed by atoms with E-state index in [1.807, 2.05) is 0 Å². The van der Waals surface area contributed by atoms with E-state index in [0.717, 1.165) is 5.56 Å². The lowest BCUT2D eigenvalue weighted by Crippen LogP contribution is -2.49. The van der Waals surface area contributed by atoms with Gasteiger partial charge in [0.2, 0.25) is 0 Å². The van der Waals surface area contributed by atoms with Gasteiger partial charge in [0.25, 0.3) is 0 Å². The molecule has 0 radical (unpaired) electrons. The van der Waals surface area contributed by atoms with Gasteiger partial charge < -0.3 is 10.2 Å². The molecule has 1 rings (SSSR count). The van der Waals surface area contributed by atoms with Crippen molar-refractivity contribution in [3.8, 4) is 0 Å². The number of benzene rings is 1. The van der Waals surface area contributed by atoms with Gasteiger partial charge in [-0.15, -0.1) is 0 Å². The van der Waals surface area contributed by atoms with E-state index >= 15 is 0 Å². The van der Waals surface area contributed by atoms with Crippen molar-refractivity contribution in [3.05, 3.63) is 34.4 Å². The van der Waals surface area contributed by atoms with E-state index in [-0.39, 0.29) is 0 Å². The summed E-state index contributed by atoms with van der Waals surface area (Å²) in [7, 11) is 0. The van der Waals surface area contributed by atoms with Gasteiger partial charge in [0, 0.05) is 6.42 Å². The highest BCUT2D eigenvalue weighted by Crippen LogP contribution is 2.28. The molecule has 0 heterocycles. The molecule has 0 aliphatic rings. The summed E-state index contributed by atoms with van der Waals surface area (Å²) < 4.78 is 0. The van der Waals surface area contributed by atoms with Crippen LogP contribution in [0, 0.1) is 20.8 Å². The van der Waals surface area contributed by atoms with E-state index in [2.05, 4.69) is 32.9 Å². The summed E-state index contributed by atoms with van der Waals surface area (Å²) in [5.74, 6) is 0. The largest absolute Gasteiger partial charge is 0.387 e. The number of aryl methyl sites for hydroxylation is 3. The Morgan fingerprint density at radius 3 is 1.71 bits per heavy atom. The summed E-state index contributed by atoms with van der Waals surface area (Å²) in [5, 5.41) is 20.4. The lowest BCUT2D eigenvalue weighted by atomic mass is 9.80. The predicted octanol–water partition coefficient (Wildman–Crippen LogP) is 2.68. The van der Waals surface area contributed by atoms with Gasteiger partial charge in [-0.3, -0.25) is 0 Å². The molecule has 0 spiro atoms. The summed E-state index contributed by atoms with van der Waals surface area (Å²) in [6.45, 7) is 11.1. The van der Waals surface area contributed by atoms with Crippen LogP contribution in [0.25, 0.3) is 0 Å². The third kappa shape index (κ3) is 3.08. The van der Waals surface area contributed by atoms with Crippen LogP contribution in [0.15, 0.2) is 12.1 Å². The minimum Gasteiger partial charge on any atom is -0.387 e. The highest BCUT2D eigenvalue weighted by molar-refractivity contribution is 5.38. The van der Waals surface area contributed by atoms with Gasteiger partial charge in [0.1, 0.15) is 0 Å². The Labute approximate surface area is 104 Å². The van der Waals surface area contributed by atoms with Gasteiger partial charge in [-0.05, 0) is 58.2 Å². The molecule has 0 amide bonds. The molecule has 2 N–H and O–H groups in total. The maximum absolute atomic E-state index is 10.4. The second-order valence-electron chi connectivity index (χ2n) is 5.89. The standard InChI is InChI=1S/C15H24O2/c1-10-7-11(2)13(12(3)8-10)9-15(6,17)14(4,5)16/h7-8,16-17H,9H2,1-6H3. The molecule has 1 atom stereocenters. The highest BCUT2D eigenvalue weighted by atomic mass is 16.3. The van der Waals surface area contributed by atoms with Crippen LogP contribution in [0.2, 0.25) is 0 Å². The highest BCUT2D eigenvalue weighted by Gasteiger charge is 2.38. The summed E-state index contributed by atoms with van der Waals surface area (Å²) in [5.41, 5.74) is 2.46. The first-order valence-corrected chi connectivity index (χ1v) is 6.06. The first kappa shape index (κ1) is 14.2. The lowest BCUT2D eigenvalue weighted by molar-refractivity contribution is -0.119. The molecular formula is C15H24O2. The first-order chi connectivity index (χ1) is 7.54. The SMILES string of the molecule is Cc1cc(C)c(CC(C)(O)C(C)(C)O)c(C)c1. The molecule has 0 bridgehead atoms. The molecule has 2 nitrogen and oxygen atoms in total. The van der Waals surface area contributed by atoms with Crippen molar-refractivity contribution in [2.45, 2.75) is 59.2 Å². The number of hydrogen-bond acceptors (Lipinski definition) is 2. The summed E-state index contributed by atoms with van der Waals surface area (Å²) in [4.78, 5) is 0. The molecule has 1 aromatic rings. The average molecular weight is 236 g/mol. The van der Waals surface area contributed by atoms with E-state index < -0.39 is 11.2 Å². The van der Waals surface area contributed by atoms with Gasteiger partial charge in [0.05, 0.1) is 11.2 Å².